The molecule has 1 aromatic rings. The van der Waals surface area contributed by atoms with Crippen molar-refractivity contribution >= 4 is 38.6 Å². The molecule has 1 aliphatic rings. The zero-order valence-corrected chi connectivity index (χ0v) is 13.1. The number of nitrogens with one attached hydrogen (secondary N) is 1. The molecule has 0 radical (unpaired) electrons. The molecule has 0 spiro atoms. The van der Waals surface area contributed by atoms with Crippen molar-refractivity contribution < 1.29 is 13.3 Å². The largest absolute Gasteiger partial charge is 0.300 e. The van der Waals surface area contributed by atoms with E-state index in [4.69, 9.17) is 11.6 Å². The van der Waals surface area contributed by atoms with Gasteiger partial charge in [0.2, 0.25) is 0 Å². The minimum absolute atomic E-state index is 0.0950. The van der Waals surface area contributed by atoms with Crippen molar-refractivity contribution in [3.8, 4) is 0 Å². The fourth-order valence-corrected chi connectivity index (χ4v) is 5.26. The van der Waals surface area contributed by atoms with Crippen molar-refractivity contribution in [3.05, 3.63) is 20.5 Å². The predicted molar refractivity (Wildman–Crippen MR) is 77.8 cm³/mol. The van der Waals surface area contributed by atoms with Crippen molar-refractivity contribution in [1.82, 2.24) is 4.72 Å². The molecule has 9 heteroatoms. The lowest BCUT2D eigenvalue weighted by Crippen LogP contribution is -2.33. The van der Waals surface area contributed by atoms with Crippen molar-refractivity contribution in [2.24, 2.45) is 0 Å². The highest BCUT2D eigenvalue weighted by Gasteiger charge is 2.27. The van der Waals surface area contributed by atoms with Crippen LogP contribution in [0.2, 0.25) is 4.34 Å². The molecule has 0 unspecified atom stereocenters. The second kappa shape index (κ2) is 6.38. The van der Waals surface area contributed by atoms with Gasteiger partial charge in [-0.25, -0.2) is 13.1 Å². The van der Waals surface area contributed by atoms with Gasteiger partial charge in [-0.3, -0.25) is 10.1 Å². The zero-order chi connectivity index (χ0) is 14.8. The Kier molecular flexibility index (Phi) is 5.00. The van der Waals surface area contributed by atoms with Gasteiger partial charge in [0.05, 0.1) is 4.92 Å². The maximum atomic E-state index is 12.2. The van der Waals surface area contributed by atoms with E-state index >= 15 is 0 Å². The van der Waals surface area contributed by atoms with E-state index in [2.05, 4.69) is 4.72 Å². The molecule has 1 N–H and O–H groups in total. The minimum atomic E-state index is -3.73. The Labute approximate surface area is 126 Å². The number of nitro groups is 1. The van der Waals surface area contributed by atoms with Crippen LogP contribution in [0.4, 0.5) is 5.69 Å². The summed E-state index contributed by atoms with van der Waals surface area (Å²) < 4.78 is 26.9. The number of nitrogens with zero attached hydrogens (tertiary/aromatic N) is 1. The smallest absolute Gasteiger partial charge is 0.258 e. The number of hydrogen-bond acceptors (Lipinski definition) is 5. The lowest BCUT2D eigenvalue weighted by molar-refractivity contribution is -0.384. The maximum absolute atomic E-state index is 12.2. The number of rotatable bonds is 4. The summed E-state index contributed by atoms with van der Waals surface area (Å²) in [7, 11) is -3.73. The third-order valence-electron chi connectivity index (χ3n) is 3.28. The normalized spacial score (nSPS) is 17.9. The molecule has 1 aromatic heterocycles. The number of sulfonamides is 1. The third kappa shape index (κ3) is 3.69. The van der Waals surface area contributed by atoms with Gasteiger partial charge in [0.25, 0.3) is 15.7 Å². The van der Waals surface area contributed by atoms with E-state index in [-0.39, 0.29) is 20.3 Å². The van der Waals surface area contributed by atoms with Crippen LogP contribution >= 0.6 is 22.9 Å². The van der Waals surface area contributed by atoms with Gasteiger partial charge in [0, 0.05) is 12.1 Å². The van der Waals surface area contributed by atoms with Gasteiger partial charge < -0.3 is 0 Å². The van der Waals surface area contributed by atoms with Crippen LogP contribution < -0.4 is 4.72 Å². The first-order valence-electron chi connectivity index (χ1n) is 6.36. The van der Waals surface area contributed by atoms with Crippen LogP contribution in [-0.2, 0) is 10.0 Å². The molecule has 1 saturated carbocycles. The summed E-state index contributed by atoms with van der Waals surface area (Å²) in [6.45, 7) is 0. The molecular weight excluding hydrogens is 324 g/mol. The van der Waals surface area contributed by atoms with E-state index in [1.807, 2.05) is 0 Å². The molecule has 20 heavy (non-hydrogen) atoms. The summed E-state index contributed by atoms with van der Waals surface area (Å²) in [6, 6.07) is 0.925. The first kappa shape index (κ1) is 15.7. The molecule has 1 aliphatic carbocycles. The highest BCUT2D eigenvalue weighted by atomic mass is 35.5. The quantitative estimate of drug-likeness (QED) is 0.518. The van der Waals surface area contributed by atoms with Crippen LogP contribution in [0.3, 0.4) is 0 Å². The monoisotopic (exact) mass is 338 g/mol. The second-order valence-corrected chi connectivity index (χ2v) is 8.39. The van der Waals surface area contributed by atoms with Gasteiger partial charge in [0.15, 0.2) is 4.34 Å². The molecule has 1 heterocycles. The van der Waals surface area contributed by atoms with Gasteiger partial charge in [0.1, 0.15) is 4.21 Å². The average Bonchev–Trinajstić information content (AvgIpc) is 2.59. The lowest BCUT2D eigenvalue weighted by atomic mass is 10.1. The highest BCUT2D eigenvalue weighted by molar-refractivity contribution is 7.91. The Balaban J connectivity index is 2.17. The molecule has 0 bridgehead atoms. The molecule has 0 saturated heterocycles. The van der Waals surface area contributed by atoms with Crippen LogP contribution in [-0.4, -0.2) is 19.4 Å². The zero-order valence-electron chi connectivity index (χ0n) is 10.7. The molecule has 112 valence electrons. The summed E-state index contributed by atoms with van der Waals surface area (Å²) in [4.78, 5) is 10.0. The maximum Gasteiger partial charge on any atom is 0.300 e. The molecule has 6 nitrogen and oxygen atoms in total. The molecule has 0 aliphatic heterocycles. The Morgan fingerprint density at radius 1 is 1.30 bits per heavy atom. The van der Waals surface area contributed by atoms with E-state index in [0.29, 0.717) is 11.3 Å². The van der Waals surface area contributed by atoms with Gasteiger partial charge in [-0.05, 0) is 12.8 Å². The van der Waals surface area contributed by atoms with E-state index in [1.54, 1.807) is 0 Å². The van der Waals surface area contributed by atoms with E-state index < -0.39 is 14.9 Å². The van der Waals surface area contributed by atoms with Crippen molar-refractivity contribution in [3.63, 3.8) is 0 Å². The Hall–Kier alpha value is -0.700. The Bertz CT molecular complexity index is 592. The van der Waals surface area contributed by atoms with E-state index in [9.17, 15) is 18.5 Å². The van der Waals surface area contributed by atoms with Gasteiger partial charge in [-0.15, -0.1) is 11.3 Å². The SMILES string of the molecule is O=[N+]([O-])c1cc(S(=O)(=O)NC2CCCCCC2)sc1Cl. The van der Waals surface area contributed by atoms with Crippen LogP contribution in [0.25, 0.3) is 0 Å². The summed E-state index contributed by atoms with van der Waals surface area (Å²) in [5, 5.41) is 10.7. The number of thiophene rings is 1. The van der Waals surface area contributed by atoms with Crippen molar-refractivity contribution in [2.75, 3.05) is 0 Å². The molecular formula is C11H15ClN2O4S2. The van der Waals surface area contributed by atoms with Gasteiger partial charge in [-0.2, -0.15) is 0 Å². The first-order chi connectivity index (χ1) is 9.40. The van der Waals surface area contributed by atoms with Crippen LogP contribution in [0.5, 0.6) is 0 Å². The fourth-order valence-electron chi connectivity index (χ4n) is 2.27. The molecule has 0 amide bonds. The topological polar surface area (TPSA) is 89.3 Å². The van der Waals surface area contributed by atoms with Crippen LogP contribution in [0.15, 0.2) is 10.3 Å². The fraction of sp³-hybridized carbons (Fsp3) is 0.636. The number of halogens is 1. The highest BCUT2D eigenvalue weighted by Crippen LogP contribution is 2.36. The number of hydrogen-bond donors (Lipinski definition) is 1. The summed E-state index contributed by atoms with van der Waals surface area (Å²) in [6.07, 6.45) is 5.85. The molecule has 1 fully saturated rings. The third-order valence-corrected chi connectivity index (χ3v) is 6.62. The van der Waals surface area contributed by atoms with Gasteiger partial charge in [-0.1, -0.05) is 37.3 Å². The van der Waals surface area contributed by atoms with E-state index in [0.717, 1.165) is 44.6 Å². The standard InChI is InChI=1S/C11H15ClN2O4S2/c12-11-9(14(15)16)7-10(19-11)20(17,18)13-8-5-3-1-2-4-6-8/h7-8,13H,1-6H2. The van der Waals surface area contributed by atoms with Crippen LogP contribution in [0, 0.1) is 10.1 Å². The second-order valence-electron chi connectivity index (χ2n) is 4.79. The van der Waals surface area contributed by atoms with Crippen molar-refractivity contribution in [2.45, 2.75) is 48.8 Å². The molecule has 0 atom stereocenters. The lowest BCUT2D eigenvalue weighted by Gasteiger charge is -2.15. The predicted octanol–water partition coefficient (Wildman–Crippen LogP) is 3.31. The first-order valence-corrected chi connectivity index (χ1v) is 9.04. The minimum Gasteiger partial charge on any atom is -0.258 e. The summed E-state index contributed by atoms with van der Waals surface area (Å²) >= 11 is 6.42. The van der Waals surface area contributed by atoms with Crippen molar-refractivity contribution in [1.29, 1.82) is 0 Å². The molecule has 2 rings (SSSR count). The van der Waals surface area contributed by atoms with E-state index in [1.165, 1.54) is 0 Å². The molecule has 0 aromatic carbocycles. The Morgan fingerprint density at radius 2 is 1.90 bits per heavy atom. The summed E-state index contributed by atoms with van der Waals surface area (Å²) in [5.41, 5.74) is -0.363. The average molecular weight is 339 g/mol. The summed E-state index contributed by atoms with van der Waals surface area (Å²) in [5.74, 6) is 0. The Morgan fingerprint density at radius 3 is 2.40 bits per heavy atom. The van der Waals surface area contributed by atoms with Crippen LogP contribution in [0.1, 0.15) is 38.5 Å². The van der Waals surface area contributed by atoms with Gasteiger partial charge >= 0.3 is 0 Å².